The molecular weight excluding hydrogens is 220 g/mol. The Morgan fingerprint density at radius 3 is 2.69 bits per heavy atom. The smallest absolute Gasteiger partial charge is 0.194 e. The molecule has 1 N–H and O–H groups in total. The second-order valence-corrected chi connectivity index (χ2v) is 6.00. The highest BCUT2D eigenvalue weighted by Gasteiger charge is 2.29. The van der Waals surface area contributed by atoms with Gasteiger partial charge in [-0.3, -0.25) is 0 Å². The summed E-state index contributed by atoms with van der Waals surface area (Å²) in [5.41, 5.74) is -0.00790. The molecule has 90 valence electrons. The van der Waals surface area contributed by atoms with E-state index in [0.29, 0.717) is 5.92 Å². The number of aromatic nitrogens is 1. The summed E-state index contributed by atoms with van der Waals surface area (Å²) in [4.78, 5) is 4.39. The third kappa shape index (κ3) is 2.74. The molecule has 2 rings (SSSR count). The van der Waals surface area contributed by atoms with E-state index in [4.69, 9.17) is 4.74 Å². The molecule has 1 aromatic rings. The van der Waals surface area contributed by atoms with Gasteiger partial charge >= 0.3 is 0 Å². The van der Waals surface area contributed by atoms with Crippen LogP contribution in [-0.4, -0.2) is 23.7 Å². The number of rotatable bonds is 3. The summed E-state index contributed by atoms with van der Waals surface area (Å²) in [7, 11) is 0. The summed E-state index contributed by atoms with van der Waals surface area (Å²) < 4.78 is 6.09. The first-order valence-electron chi connectivity index (χ1n) is 5.94. The SMILES string of the molecule is CC(C)c1ncc(OC2(C)CCNCC2)s1. The number of nitrogens with one attached hydrogen (secondary N) is 1. The zero-order chi connectivity index (χ0) is 11.6. The van der Waals surface area contributed by atoms with Crippen molar-refractivity contribution in [1.82, 2.24) is 10.3 Å². The van der Waals surface area contributed by atoms with Gasteiger partial charge in [-0.25, -0.2) is 4.98 Å². The molecule has 3 nitrogen and oxygen atoms in total. The minimum Gasteiger partial charge on any atom is -0.476 e. The van der Waals surface area contributed by atoms with E-state index in [-0.39, 0.29) is 5.60 Å². The lowest BCUT2D eigenvalue weighted by atomic mass is 9.95. The fourth-order valence-corrected chi connectivity index (χ4v) is 2.78. The molecule has 0 radical (unpaired) electrons. The third-order valence-electron chi connectivity index (χ3n) is 3.00. The quantitative estimate of drug-likeness (QED) is 0.882. The van der Waals surface area contributed by atoms with Crippen molar-refractivity contribution in [3.63, 3.8) is 0 Å². The van der Waals surface area contributed by atoms with Gasteiger partial charge in [0.2, 0.25) is 0 Å². The Balaban J connectivity index is 2.02. The fraction of sp³-hybridized carbons (Fsp3) is 0.750. The number of piperidine rings is 1. The van der Waals surface area contributed by atoms with E-state index in [9.17, 15) is 0 Å². The maximum Gasteiger partial charge on any atom is 0.194 e. The predicted molar refractivity (Wildman–Crippen MR) is 67.3 cm³/mol. The van der Waals surface area contributed by atoms with Crippen molar-refractivity contribution >= 4 is 11.3 Å². The van der Waals surface area contributed by atoms with Crippen LogP contribution in [0.3, 0.4) is 0 Å². The van der Waals surface area contributed by atoms with E-state index in [2.05, 4.69) is 31.1 Å². The van der Waals surface area contributed by atoms with Crippen LogP contribution in [0.4, 0.5) is 0 Å². The molecule has 2 heterocycles. The average Bonchev–Trinajstić information content (AvgIpc) is 2.66. The van der Waals surface area contributed by atoms with Crippen LogP contribution in [0, 0.1) is 0 Å². The van der Waals surface area contributed by atoms with Crippen LogP contribution < -0.4 is 10.1 Å². The molecule has 0 aliphatic carbocycles. The summed E-state index contributed by atoms with van der Waals surface area (Å²) >= 11 is 1.68. The Kier molecular flexibility index (Phi) is 3.50. The van der Waals surface area contributed by atoms with Crippen molar-refractivity contribution in [2.75, 3.05) is 13.1 Å². The van der Waals surface area contributed by atoms with Crippen molar-refractivity contribution < 1.29 is 4.74 Å². The molecule has 0 unspecified atom stereocenters. The highest BCUT2D eigenvalue weighted by Crippen LogP contribution is 2.32. The number of thiazole rings is 1. The van der Waals surface area contributed by atoms with E-state index in [1.165, 1.54) is 0 Å². The fourth-order valence-electron chi connectivity index (χ4n) is 1.89. The summed E-state index contributed by atoms with van der Waals surface area (Å²) in [6.07, 6.45) is 4.01. The van der Waals surface area contributed by atoms with Gasteiger partial charge in [-0.05, 0) is 32.9 Å². The molecule has 0 bridgehead atoms. The molecule has 0 atom stereocenters. The Bertz CT molecular complexity index is 343. The lowest BCUT2D eigenvalue weighted by Crippen LogP contribution is -2.43. The Morgan fingerprint density at radius 1 is 1.44 bits per heavy atom. The van der Waals surface area contributed by atoms with Crippen LogP contribution in [0.15, 0.2) is 6.20 Å². The molecule has 1 saturated heterocycles. The van der Waals surface area contributed by atoms with E-state index in [0.717, 1.165) is 36.0 Å². The molecule has 1 fully saturated rings. The largest absolute Gasteiger partial charge is 0.476 e. The standard InChI is InChI=1S/C12H20N2OS/c1-9(2)11-14-8-10(16-11)15-12(3)4-6-13-7-5-12/h8-9,13H,4-7H2,1-3H3. The molecule has 1 aromatic heterocycles. The number of hydrogen-bond acceptors (Lipinski definition) is 4. The van der Waals surface area contributed by atoms with E-state index < -0.39 is 0 Å². The van der Waals surface area contributed by atoms with Crippen molar-refractivity contribution in [2.45, 2.75) is 45.1 Å². The zero-order valence-electron chi connectivity index (χ0n) is 10.2. The predicted octanol–water partition coefficient (Wildman–Crippen LogP) is 2.79. The summed E-state index contributed by atoms with van der Waals surface area (Å²) in [5.74, 6) is 0.489. The molecule has 16 heavy (non-hydrogen) atoms. The van der Waals surface area contributed by atoms with Crippen LogP contribution in [0.2, 0.25) is 0 Å². The van der Waals surface area contributed by atoms with Crippen LogP contribution in [0.5, 0.6) is 5.06 Å². The van der Waals surface area contributed by atoms with Gasteiger partial charge in [0.1, 0.15) is 5.60 Å². The Morgan fingerprint density at radius 2 is 2.12 bits per heavy atom. The number of hydrogen-bond donors (Lipinski definition) is 1. The van der Waals surface area contributed by atoms with Crippen molar-refractivity contribution in [3.05, 3.63) is 11.2 Å². The Labute approximate surface area is 101 Å². The molecule has 0 spiro atoms. The first-order chi connectivity index (χ1) is 7.59. The lowest BCUT2D eigenvalue weighted by molar-refractivity contribution is 0.0594. The molecule has 4 heteroatoms. The van der Waals surface area contributed by atoms with Crippen LogP contribution >= 0.6 is 11.3 Å². The van der Waals surface area contributed by atoms with E-state index in [1.54, 1.807) is 11.3 Å². The zero-order valence-corrected chi connectivity index (χ0v) is 11.1. The molecule has 1 aliphatic heterocycles. The Hall–Kier alpha value is -0.610. The second-order valence-electron chi connectivity index (χ2n) is 4.97. The normalized spacial score (nSPS) is 20.0. The maximum atomic E-state index is 6.09. The number of nitrogens with zero attached hydrogens (tertiary/aromatic N) is 1. The van der Waals surface area contributed by atoms with Gasteiger partial charge in [0.25, 0.3) is 0 Å². The van der Waals surface area contributed by atoms with Gasteiger partial charge in [0.05, 0.1) is 11.2 Å². The molecule has 1 aliphatic rings. The first-order valence-corrected chi connectivity index (χ1v) is 6.76. The van der Waals surface area contributed by atoms with Gasteiger partial charge in [-0.1, -0.05) is 25.2 Å². The van der Waals surface area contributed by atoms with E-state index >= 15 is 0 Å². The molecule has 0 saturated carbocycles. The topological polar surface area (TPSA) is 34.1 Å². The maximum absolute atomic E-state index is 6.09. The molecular formula is C12H20N2OS. The summed E-state index contributed by atoms with van der Waals surface area (Å²) in [6, 6.07) is 0. The van der Waals surface area contributed by atoms with Gasteiger partial charge in [-0.15, -0.1) is 0 Å². The van der Waals surface area contributed by atoms with E-state index in [1.807, 2.05) is 6.20 Å². The lowest BCUT2D eigenvalue weighted by Gasteiger charge is -2.33. The number of ether oxygens (including phenoxy) is 1. The average molecular weight is 240 g/mol. The van der Waals surface area contributed by atoms with Crippen LogP contribution in [0.25, 0.3) is 0 Å². The van der Waals surface area contributed by atoms with Crippen LogP contribution in [-0.2, 0) is 0 Å². The van der Waals surface area contributed by atoms with Crippen molar-refractivity contribution in [3.8, 4) is 5.06 Å². The molecule has 0 amide bonds. The third-order valence-corrected chi connectivity index (χ3v) is 4.18. The minimum atomic E-state index is -0.00790. The highest BCUT2D eigenvalue weighted by molar-refractivity contribution is 7.13. The molecule has 0 aromatic carbocycles. The second kappa shape index (κ2) is 4.72. The first kappa shape index (κ1) is 11.9. The summed E-state index contributed by atoms with van der Waals surface area (Å²) in [6.45, 7) is 8.62. The van der Waals surface area contributed by atoms with Crippen molar-refractivity contribution in [1.29, 1.82) is 0 Å². The highest BCUT2D eigenvalue weighted by atomic mass is 32.1. The van der Waals surface area contributed by atoms with Gasteiger partial charge < -0.3 is 10.1 Å². The summed E-state index contributed by atoms with van der Waals surface area (Å²) in [5, 5.41) is 5.48. The van der Waals surface area contributed by atoms with Gasteiger partial charge in [0.15, 0.2) is 5.06 Å². The van der Waals surface area contributed by atoms with Gasteiger partial charge in [0, 0.05) is 5.92 Å². The van der Waals surface area contributed by atoms with Crippen LogP contribution in [0.1, 0.15) is 44.5 Å². The minimum absolute atomic E-state index is 0.00790. The van der Waals surface area contributed by atoms with Gasteiger partial charge in [-0.2, -0.15) is 0 Å². The monoisotopic (exact) mass is 240 g/mol. The van der Waals surface area contributed by atoms with Crippen molar-refractivity contribution in [2.24, 2.45) is 0 Å².